The number of aliphatic hydroxyl groups excluding tert-OH is 1. The number of amides is 1. The average Bonchev–Trinajstić information content (AvgIpc) is 2.38. The van der Waals surface area contributed by atoms with E-state index < -0.39 is 5.41 Å². The topological polar surface area (TPSA) is 82.4 Å². The number of nitrogens with zero attached hydrogens (tertiary/aromatic N) is 1. The first kappa shape index (κ1) is 14.9. The van der Waals surface area contributed by atoms with E-state index in [2.05, 4.69) is 11.4 Å². The molecular formula is C13H22N2O3. The number of carbonyl (C=O) groups excluding carboxylic acids is 1. The van der Waals surface area contributed by atoms with Gasteiger partial charge in [0.1, 0.15) is 5.41 Å². The fourth-order valence-electron chi connectivity index (χ4n) is 2.13. The molecule has 1 saturated heterocycles. The highest BCUT2D eigenvalue weighted by Crippen LogP contribution is 2.30. The van der Waals surface area contributed by atoms with E-state index >= 15 is 0 Å². The van der Waals surface area contributed by atoms with E-state index in [0.717, 1.165) is 0 Å². The second-order valence-electron chi connectivity index (χ2n) is 5.14. The quantitative estimate of drug-likeness (QED) is 0.761. The van der Waals surface area contributed by atoms with Gasteiger partial charge in [-0.15, -0.1) is 0 Å². The Morgan fingerprint density at radius 2 is 2.11 bits per heavy atom. The third kappa shape index (κ3) is 3.44. The van der Waals surface area contributed by atoms with Crippen LogP contribution in [0.15, 0.2) is 0 Å². The van der Waals surface area contributed by atoms with E-state index in [4.69, 9.17) is 9.84 Å². The first-order valence-electron chi connectivity index (χ1n) is 6.46. The zero-order valence-corrected chi connectivity index (χ0v) is 11.1. The molecule has 2 N–H and O–H groups in total. The Bertz CT molecular complexity index is 317. The highest BCUT2D eigenvalue weighted by atomic mass is 16.5. The summed E-state index contributed by atoms with van der Waals surface area (Å²) in [5.41, 5.74) is -0.957. The molecule has 0 aliphatic carbocycles. The lowest BCUT2D eigenvalue weighted by molar-refractivity contribution is -0.133. The standard InChI is InChI=1S/C13H22N2O3/c1-10(2)11(3-6-16)15-12(17)13(9-14)4-7-18-8-5-13/h10-11,16H,3-8H2,1-2H3,(H,15,17). The summed E-state index contributed by atoms with van der Waals surface area (Å²) < 4.78 is 5.21. The Morgan fingerprint density at radius 3 is 2.56 bits per heavy atom. The van der Waals surface area contributed by atoms with Gasteiger partial charge < -0.3 is 15.2 Å². The smallest absolute Gasteiger partial charge is 0.240 e. The van der Waals surface area contributed by atoms with Crippen LogP contribution in [0.4, 0.5) is 0 Å². The molecular weight excluding hydrogens is 232 g/mol. The van der Waals surface area contributed by atoms with E-state index in [1.165, 1.54) is 0 Å². The molecule has 1 atom stereocenters. The number of ether oxygens (including phenoxy) is 1. The van der Waals surface area contributed by atoms with E-state index in [-0.39, 0.29) is 24.5 Å². The fraction of sp³-hybridized carbons (Fsp3) is 0.846. The lowest BCUT2D eigenvalue weighted by atomic mass is 9.80. The van der Waals surface area contributed by atoms with Crippen molar-refractivity contribution in [2.24, 2.45) is 11.3 Å². The summed E-state index contributed by atoms with van der Waals surface area (Å²) in [5.74, 6) is 0.0112. The van der Waals surface area contributed by atoms with Crippen LogP contribution < -0.4 is 5.32 Å². The normalized spacial score (nSPS) is 20.2. The summed E-state index contributed by atoms with van der Waals surface area (Å²) in [5, 5.41) is 21.2. The van der Waals surface area contributed by atoms with Crippen molar-refractivity contribution < 1.29 is 14.6 Å². The van der Waals surface area contributed by atoms with Gasteiger partial charge in [-0.2, -0.15) is 5.26 Å². The predicted octanol–water partition coefficient (Wildman–Crippen LogP) is 0.830. The van der Waals surface area contributed by atoms with Gasteiger partial charge in [0.05, 0.1) is 6.07 Å². The number of hydrogen-bond donors (Lipinski definition) is 2. The number of nitriles is 1. The summed E-state index contributed by atoms with van der Waals surface area (Å²) >= 11 is 0. The summed E-state index contributed by atoms with van der Waals surface area (Å²) in [6.45, 7) is 4.92. The molecule has 0 aromatic carbocycles. The highest BCUT2D eigenvalue weighted by molar-refractivity contribution is 5.85. The van der Waals surface area contributed by atoms with Crippen molar-refractivity contribution >= 4 is 5.91 Å². The van der Waals surface area contributed by atoms with Gasteiger partial charge in [-0.1, -0.05) is 13.8 Å². The number of hydrogen-bond acceptors (Lipinski definition) is 4. The number of carbonyl (C=O) groups is 1. The van der Waals surface area contributed by atoms with E-state index in [1.807, 2.05) is 13.8 Å². The van der Waals surface area contributed by atoms with Crippen molar-refractivity contribution in [3.05, 3.63) is 0 Å². The molecule has 0 bridgehead atoms. The minimum absolute atomic E-state index is 0.0335. The Balaban J connectivity index is 2.69. The van der Waals surface area contributed by atoms with Gasteiger partial charge in [0, 0.05) is 25.9 Å². The molecule has 0 radical (unpaired) electrons. The lowest BCUT2D eigenvalue weighted by Crippen LogP contribution is -2.49. The third-order valence-electron chi connectivity index (χ3n) is 3.56. The van der Waals surface area contributed by atoms with Gasteiger partial charge in [-0.3, -0.25) is 4.79 Å². The van der Waals surface area contributed by atoms with Crippen LogP contribution >= 0.6 is 0 Å². The first-order chi connectivity index (χ1) is 8.55. The molecule has 0 aromatic rings. The van der Waals surface area contributed by atoms with Gasteiger partial charge in [-0.05, 0) is 25.2 Å². The summed E-state index contributed by atoms with van der Waals surface area (Å²) in [6.07, 6.45) is 1.40. The minimum Gasteiger partial charge on any atom is -0.396 e. The highest BCUT2D eigenvalue weighted by Gasteiger charge is 2.41. The molecule has 1 fully saturated rings. The molecule has 0 aromatic heterocycles. The molecule has 1 aliphatic rings. The van der Waals surface area contributed by atoms with Gasteiger partial charge in [-0.25, -0.2) is 0 Å². The molecule has 1 aliphatic heterocycles. The third-order valence-corrected chi connectivity index (χ3v) is 3.56. The van der Waals surface area contributed by atoms with E-state index in [9.17, 15) is 10.1 Å². The van der Waals surface area contributed by atoms with Crippen molar-refractivity contribution in [2.75, 3.05) is 19.8 Å². The van der Waals surface area contributed by atoms with Gasteiger partial charge >= 0.3 is 0 Å². The lowest BCUT2D eigenvalue weighted by Gasteiger charge is -2.32. The van der Waals surface area contributed by atoms with Crippen LogP contribution in [0.3, 0.4) is 0 Å². The monoisotopic (exact) mass is 254 g/mol. The van der Waals surface area contributed by atoms with Crippen LogP contribution in [-0.2, 0) is 9.53 Å². The van der Waals surface area contributed by atoms with Crippen molar-refractivity contribution in [3.63, 3.8) is 0 Å². The molecule has 0 saturated carbocycles. The maximum Gasteiger partial charge on any atom is 0.240 e. The predicted molar refractivity (Wildman–Crippen MR) is 66.6 cm³/mol. The van der Waals surface area contributed by atoms with E-state index in [0.29, 0.717) is 32.5 Å². The molecule has 1 heterocycles. The largest absolute Gasteiger partial charge is 0.396 e. The average molecular weight is 254 g/mol. The van der Waals surface area contributed by atoms with Crippen molar-refractivity contribution in [1.29, 1.82) is 5.26 Å². The second-order valence-corrected chi connectivity index (χ2v) is 5.14. The van der Waals surface area contributed by atoms with E-state index in [1.54, 1.807) is 0 Å². The molecule has 1 unspecified atom stereocenters. The second kappa shape index (κ2) is 6.72. The molecule has 1 amide bonds. The maximum absolute atomic E-state index is 12.3. The molecule has 102 valence electrons. The van der Waals surface area contributed by atoms with Crippen LogP contribution in [0.5, 0.6) is 0 Å². The van der Waals surface area contributed by atoms with Gasteiger partial charge in [0.2, 0.25) is 5.91 Å². The number of aliphatic hydroxyl groups is 1. The maximum atomic E-state index is 12.3. The Kier molecular flexibility index (Phi) is 5.57. The Labute approximate surface area is 108 Å². The SMILES string of the molecule is CC(C)C(CCO)NC(=O)C1(C#N)CCOCC1. The summed E-state index contributed by atoms with van der Waals surface area (Å²) in [7, 11) is 0. The number of nitrogens with one attached hydrogen (secondary N) is 1. The number of rotatable bonds is 5. The Hall–Kier alpha value is -1.12. The van der Waals surface area contributed by atoms with Gasteiger partial charge in [0.25, 0.3) is 0 Å². The molecule has 0 spiro atoms. The molecule has 5 nitrogen and oxygen atoms in total. The van der Waals surface area contributed by atoms with Gasteiger partial charge in [0.15, 0.2) is 0 Å². The summed E-state index contributed by atoms with van der Waals surface area (Å²) in [6, 6.07) is 2.06. The minimum atomic E-state index is -0.957. The zero-order valence-electron chi connectivity index (χ0n) is 11.1. The fourth-order valence-corrected chi connectivity index (χ4v) is 2.13. The molecule has 5 heteroatoms. The summed E-state index contributed by atoms with van der Waals surface area (Å²) in [4.78, 5) is 12.3. The van der Waals surface area contributed by atoms with Crippen molar-refractivity contribution in [3.8, 4) is 6.07 Å². The zero-order chi connectivity index (χ0) is 13.6. The molecule has 1 rings (SSSR count). The molecule has 18 heavy (non-hydrogen) atoms. The van der Waals surface area contributed by atoms with Crippen molar-refractivity contribution in [2.45, 2.75) is 39.2 Å². The first-order valence-corrected chi connectivity index (χ1v) is 6.46. The van der Waals surface area contributed by atoms with Crippen LogP contribution in [0, 0.1) is 22.7 Å². The van der Waals surface area contributed by atoms with Crippen molar-refractivity contribution in [1.82, 2.24) is 5.32 Å². The van der Waals surface area contributed by atoms with Crippen LogP contribution in [0.2, 0.25) is 0 Å². The van der Waals surface area contributed by atoms with Crippen LogP contribution in [0.1, 0.15) is 33.1 Å². The van der Waals surface area contributed by atoms with Crippen LogP contribution in [-0.4, -0.2) is 36.9 Å². The Morgan fingerprint density at radius 1 is 1.50 bits per heavy atom. The van der Waals surface area contributed by atoms with Crippen LogP contribution in [0.25, 0.3) is 0 Å².